The second-order valence-electron chi connectivity index (χ2n) is 8.22. The molecule has 2 aromatic rings. The molecule has 4 heterocycles. The van der Waals surface area contributed by atoms with Crippen LogP contribution in [0, 0.1) is 0 Å². The van der Waals surface area contributed by atoms with Crippen molar-refractivity contribution in [3.8, 4) is 0 Å². The molecule has 27 heavy (non-hydrogen) atoms. The van der Waals surface area contributed by atoms with Crippen molar-refractivity contribution in [3.63, 3.8) is 0 Å². The molecule has 2 saturated heterocycles. The second kappa shape index (κ2) is 7.33. The van der Waals surface area contributed by atoms with Gasteiger partial charge in [-0.2, -0.15) is 0 Å². The molecule has 1 unspecified atom stereocenters. The molecule has 0 saturated carbocycles. The van der Waals surface area contributed by atoms with E-state index in [-0.39, 0.29) is 0 Å². The zero-order chi connectivity index (χ0) is 19.0. The summed E-state index contributed by atoms with van der Waals surface area (Å²) < 4.78 is 7.34. The van der Waals surface area contributed by atoms with E-state index < -0.39 is 5.60 Å². The van der Waals surface area contributed by atoms with E-state index in [4.69, 9.17) is 4.74 Å². The Hall–Kier alpha value is -1.77. The first-order valence-electron chi connectivity index (χ1n) is 9.90. The van der Waals surface area contributed by atoms with Gasteiger partial charge in [0.25, 0.3) is 0 Å². The molecule has 2 fully saturated rings. The van der Waals surface area contributed by atoms with Gasteiger partial charge in [-0.15, -0.1) is 0 Å². The van der Waals surface area contributed by atoms with Crippen molar-refractivity contribution in [1.29, 1.82) is 0 Å². The molecule has 148 valence electrons. The normalized spacial score (nSPS) is 23.4. The lowest BCUT2D eigenvalue weighted by Crippen LogP contribution is -2.40. The maximum Gasteiger partial charge on any atom is 0.165 e. The Morgan fingerprint density at radius 3 is 2.78 bits per heavy atom. The topological polar surface area (TPSA) is 79.5 Å². The summed E-state index contributed by atoms with van der Waals surface area (Å²) >= 11 is 0. The van der Waals surface area contributed by atoms with Gasteiger partial charge in [0.05, 0.1) is 18.5 Å². The van der Waals surface area contributed by atoms with Crippen molar-refractivity contribution in [2.75, 3.05) is 38.3 Å². The number of likely N-dealkylation sites (N-methyl/N-ethyl adjacent to an activating group) is 1. The first kappa shape index (κ1) is 18.6. The van der Waals surface area contributed by atoms with E-state index in [9.17, 15) is 5.11 Å². The summed E-state index contributed by atoms with van der Waals surface area (Å²) in [5.41, 5.74) is 0.829. The molecule has 1 atom stereocenters. The van der Waals surface area contributed by atoms with Gasteiger partial charge in [0.2, 0.25) is 0 Å². The molecule has 4 rings (SSSR count). The molecule has 8 nitrogen and oxygen atoms in total. The van der Waals surface area contributed by atoms with Crippen LogP contribution in [0.5, 0.6) is 0 Å². The second-order valence-corrected chi connectivity index (χ2v) is 8.22. The first-order valence-corrected chi connectivity index (χ1v) is 9.90. The minimum Gasteiger partial charge on any atom is -0.388 e. The molecule has 8 heteroatoms. The van der Waals surface area contributed by atoms with Gasteiger partial charge in [-0.1, -0.05) is 0 Å². The Labute approximate surface area is 160 Å². The van der Waals surface area contributed by atoms with Gasteiger partial charge >= 0.3 is 0 Å². The first-order chi connectivity index (χ1) is 13.0. The number of fused-ring (bicyclic) bond motifs is 1. The van der Waals surface area contributed by atoms with Crippen LogP contribution in [0.15, 0.2) is 12.7 Å². The van der Waals surface area contributed by atoms with Crippen molar-refractivity contribution in [1.82, 2.24) is 24.4 Å². The van der Waals surface area contributed by atoms with E-state index in [1.54, 1.807) is 12.7 Å². The average molecular weight is 374 g/mol. The fraction of sp³-hybridized carbons (Fsp3) is 0.737. The monoisotopic (exact) mass is 374 g/mol. The smallest absolute Gasteiger partial charge is 0.165 e. The van der Waals surface area contributed by atoms with E-state index in [0.29, 0.717) is 44.7 Å². The van der Waals surface area contributed by atoms with Gasteiger partial charge < -0.3 is 19.3 Å². The minimum absolute atomic E-state index is 0.426. The quantitative estimate of drug-likeness (QED) is 0.845. The molecule has 0 radical (unpaired) electrons. The van der Waals surface area contributed by atoms with Crippen LogP contribution in [-0.4, -0.2) is 80.6 Å². The van der Waals surface area contributed by atoms with Crippen LogP contribution < -0.4 is 4.90 Å². The molecular formula is C19H30N6O2. The van der Waals surface area contributed by atoms with E-state index in [1.807, 2.05) is 4.57 Å². The van der Waals surface area contributed by atoms with Crippen molar-refractivity contribution < 1.29 is 9.84 Å². The van der Waals surface area contributed by atoms with Gasteiger partial charge in [0.1, 0.15) is 6.33 Å². The maximum atomic E-state index is 10.8. The van der Waals surface area contributed by atoms with Gasteiger partial charge in [-0.3, -0.25) is 4.90 Å². The molecular weight excluding hydrogens is 344 g/mol. The molecule has 2 aromatic heterocycles. The number of likely N-dealkylation sites (tertiary alicyclic amines) is 1. The van der Waals surface area contributed by atoms with E-state index in [0.717, 1.165) is 36.5 Å². The van der Waals surface area contributed by atoms with E-state index in [1.165, 1.54) is 0 Å². The highest BCUT2D eigenvalue weighted by atomic mass is 16.5. The van der Waals surface area contributed by atoms with E-state index >= 15 is 0 Å². The lowest BCUT2D eigenvalue weighted by atomic mass is 9.94. The summed E-state index contributed by atoms with van der Waals surface area (Å²) in [5, 5.41) is 10.8. The van der Waals surface area contributed by atoms with Crippen molar-refractivity contribution in [2.24, 2.45) is 0 Å². The Bertz CT molecular complexity index is 786. The fourth-order valence-corrected chi connectivity index (χ4v) is 4.19. The number of anilines is 1. The van der Waals surface area contributed by atoms with Crippen LogP contribution in [0.4, 0.5) is 5.82 Å². The SMILES string of the molecule is CC(C)N1CCC(N(C)c2ncnc3c2ncn3CC2(O)CCOCC2)C1. The van der Waals surface area contributed by atoms with Gasteiger partial charge in [0, 0.05) is 58.3 Å². The standard InChI is InChI=1S/C19H30N6O2/c1-14(2)24-7-4-15(10-24)23(3)17-16-18(21-12-20-17)25(13-22-16)11-19(26)5-8-27-9-6-19/h12-15,26H,4-11H2,1-3H3. The summed E-state index contributed by atoms with van der Waals surface area (Å²) in [7, 11) is 2.10. The molecule has 1 N–H and O–H groups in total. The van der Waals surface area contributed by atoms with Crippen LogP contribution in [0.3, 0.4) is 0 Å². The molecule has 0 aliphatic carbocycles. The number of aromatic nitrogens is 4. The summed E-state index contributed by atoms with van der Waals surface area (Å²) in [6, 6.07) is 0.989. The summed E-state index contributed by atoms with van der Waals surface area (Å²) in [5.74, 6) is 0.869. The highest BCUT2D eigenvalue weighted by Gasteiger charge is 2.32. The Kier molecular flexibility index (Phi) is 5.05. The highest BCUT2D eigenvalue weighted by molar-refractivity contribution is 5.83. The number of aliphatic hydroxyl groups is 1. The molecule has 0 bridgehead atoms. The van der Waals surface area contributed by atoms with Gasteiger partial charge in [0.15, 0.2) is 17.0 Å². The lowest BCUT2D eigenvalue weighted by molar-refractivity contribution is -0.0723. The largest absolute Gasteiger partial charge is 0.388 e. The molecule has 0 spiro atoms. The Morgan fingerprint density at radius 1 is 1.30 bits per heavy atom. The zero-order valence-corrected chi connectivity index (χ0v) is 16.5. The van der Waals surface area contributed by atoms with Gasteiger partial charge in [-0.25, -0.2) is 15.0 Å². The number of hydrogen-bond donors (Lipinski definition) is 1. The third-order valence-electron chi connectivity index (χ3n) is 6.08. The van der Waals surface area contributed by atoms with Crippen LogP contribution in [0.2, 0.25) is 0 Å². The van der Waals surface area contributed by atoms with Crippen LogP contribution in [0.1, 0.15) is 33.1 Å². The lowest BCUT2D eigenvalue weighted by Gasteiger charge is -2.32. The summed E-state index contributed by atoms with van der Waals surface area (Å²) in [6.45, 7) is 8.32. The number of rotatable bonds is 5. The third-order valence-corrected chi connectivity index (χ3v) is 6.08. The summed E-state index contributed by atoms with van der Waals surface area (Å²) in [6.07, 6.45) is 5.78. The number of imidazole rings is 1. The zero-order valence-electron chi connectivity index (χ0n) is 16.5. The number of ether oxygens (including phenoxy) is 1. The maximum absolute atomic E-state index is 10.8. The van der Waals surface area contributed by atoms with Gasteiger partial charge in [-0.05, 0) is 20.3 Å². The number of nitrogens with zero attached hydrogens (tertiary/aromatic N) is 6. The minimum atomic E-state index is -0.758. The van der Waals surface area contributed by atoms with E-state index in [2.05, 4.69) is 45.6 Å². The number of hydrogen-bond acceptors (Lipinski definition) is 7. The Morgan fingerprint density at radius 2 is 2.07 bits per heavy atom. The van der Waals surface area contributed by atoms with Crippen molar-refractivity contribution in [3.05, 3.63) is 12.7 Å². The molecule has 2 aliphatic heterocycles. The van der Waals surface area contributed by atoms with Crippen molar-refractivity contribution >= 4 is 17.0 Å². The average Bonchev–Trinajstić information content (AvgIpc) is 3.29. The third kappa shape index (κ3) is 3.66. The highest BCUT2D eigenvalue weighted by Crippen LogP contribution is 2.28. The van der Waals surface area contributed by atoms with Crippen molar-refractivity contribution in [2.45, 2.75) is 57.3 Å². The predicted octanol–water partition coefficient (Wildman–Crippen LogP) is 1.29. The summed E-state index contributed by atoms with van der Waals surface area (Å²) in [4.78, 5) is 18.3. The predicted molar refractivity (Wildman–Crippen MR) is 104 cm³/mol. The van der Waals surface area contributed by atoms with Crippen LogP contribution >= 0.6 is 0 Å². The Balaban J connectivity index is 1.57. The van der Waals surface area contributed by atoms with Crippen LogP contribution in [0.25, 0.3) is 11.2 Å². The molecule has 2 aliphatic rings. The fourth-order valence-electron chi connectivity index (χ4n) is 4.19. The van der Waals surface area contributed by atoms with Crippen LogP contribution in [-0.2, 0) is 11.3 Å². The molecule has 0 aromatic carbocycles. The molecule has 0 amide bonds.